The average molecular weight is 296 g/mol. The smallest absolute Gasteiger partial charge is 0.243 e. The Hall–Kier alpha value is -1.07. The molecule has 0 bridgehead atoms. The molecule has 2 rings (SSSR count). The predicted molar refractivity (Wildman–Crippen MR) is 82.3 cm³/mol. The van der Waals surface area contributed by atoms with E-state index in [1.54, 1.807) is 16.4 Å². The van der Waals surface area contributed by atoms with Gasteiger partial charge in [-0.05, 0) is 49.4 Å². The molecule has 1 saturated heterocycles. The molecule has 1 aliphatic rings. The molecular weight excluding hydrogens is 272 g/mol. The molecule has 1 fully saturated rings. The summed E-state index contributed by atoms with van der Waals surface area (Å²) in [7, 11) is -3.34. The first-order valence-corrected chi connectivity index (χ1v) is 8.73. The summed E-state index contributed by atoms with van der Waals surface area (Å²) in [6.45, 7) is 8.41. The van der Waals surface area contributed by atoms with Crippen LogP contribution in [0.4, 0.5) is 5.69 Å². The Morgan fingerprint density at radius 1 is 1.20 bits per heavy atom. The molecule has 2 atom stereocenters. The van der Waals surface area contributed by atoms with Crippen LogP contribution in [0.2, 0.25) is 0 Å². The van der Waals surface area contributed by atoms with Gasteiger partial charge in [-0.2, -0.15) is 4.31 Å². The van der Waals surface area contributed by atoms with Gasteiger partial charge >= 0.3 is 0 Å². The maximum absolute atomic E-state index is 12.6. The van der Waals surface area contributed by atoms with Crippen LogP contribution in [0.3, 0.4) is 0 Å². The first kappa shape index (κ1) is 15.3. The van der Waals surface area contributed by atoms with Crippen LogP contribution in [-0.2, 0) is 10.0 Å². The molecule has 0 aliphatic carbocycles. The minimum absolute atomic E-state index is 0.390. The van der Waals surface area contributed by atoms with Crippen molar-refractivity contribution in [3.8, 4) is 0 Å². The Balaban J connectivity index is 2.17. The quantitative estimate of drug-likeness (QED) is 0.929. The van der Waals surface area contributed by atoms with Crippen LogP contribution < -0.4 is 5.32 Å². The Morgan fingerprint density at radius 3 is 2.40 bits per heavy atom. The lowest BCUT2D eigenvalue weighted by Gasteiger charge is -2.34. The lowest BCUT2D eigenvalue weighted by molar-refractivity contribution is 0.212. The van der Waals surface area contributed by atoms with Crippen molar-refractivity contribution in [1.29, 1.82) is 0 Å². The molecule has 20 heavy (non-hydrogen) atoms. The lowest BCUT2D eigenvalue weighted by atomic mass is 9.90. The van der Waals surface area contributed by atoms with Crippen LogP contribution in [0.15, 0.2) is 29.2 Å². The fourth-order valence-corrected chi connectivity index (χ4v) is 4.10. The minimum atomic E-state index is -3.34. The van der Waals surface area contributed by atoms with Gasteiger partial charge in [-0.1, -0.05) is 13.8 Å². The second kappa shape index (κ2) is 6.14. The largest absolute Gasteiger partial charge is 0.385 e. The van der Waals surface area contributed by atoms with Gasteiger partial charge in [-0.25, -0.2) is 8.42 Å². The monoisotopic (exact) mass is 296 g/mol. The second-order valence-corrected chi connectivity index (χ2v) is 7.60. The number of hydrogen-bond acceptors (Lipinski definition) is 3. The van der Waals surface area contributed by atoms with Crippen LogP contribution in [0.25, 0.3) is 0 Å². The van der Waals surface area contributed by atoms with E-state index in [9.17, 15) is 8.42 Å². The highest BCUT2D eigenvalue weighted by molar-refractivity contribution is 7.89. The maximum Gasteiger partial charge on any atom is 0.243 e. The van der Waals surface area contributed by atoms with Crippen LogP contribution in [0.5, 0.6) is 0 Å². The highest BCUT2D eigenvalue weighted by Gasteiger charge is 2.31. The number of nitrogens with one attached hydrogen (secondary N) is 1. The molecule has 1 heterocycles. The van der Waals surface area contributed by atoms with Crippen LogP contribution in [0.1, 0.15) is 27.2 Å². The van der Waals surface area contributed by atoms with E-state index in [2.05, 4.69) is 19.2 Å². The molecule has 2 unspecified atom stereocenters. The highest BCUT2D eigenvalue weighted by Crippen LogP contribution is 2.27. The molecule has 0 amide bonds. The van der Waals surface area contributed by atoms with E-state index in [1.165, 1.54) is 0 Å². The number of nitrogens with zero attached hydrogens (tertiary/aromatic N) is 1. The van der Waals surface area contributed by atoms with Crippen LogP contribution >= 0.6 is 0 Å². The molecule has 0 radical (unpaired) electrons. The molecule has 1 aromatic carbocycles. The third kappa shape index (κ3) is 3.15. The number of piperidine rings is 1. The Labute approximate surface area is 122 Å². The lowest BCUT2D eigenvalue weighted by Crippen LogP contribution is -2.42. The Morgan fingerprint density at radius 2 is 1.85 bits per heavy atom. The number of anilines is 1. The van der Waals surface area contributed by atoms with Crippen LogP contribution in [0, 0.1) is 11.8 Å². The minimum Gasteiger partial charge on any atom is -0.385 e. The van der Waals surface area contributed by atoms with Gasteiger partial charge < -0.3 is 5.32 Å². The topological polar surface area (TPSA) is 49.4 Å². The molecule has 112 valence electrons. The maximum atomic E-state index is 12.6. The van der Waals surface area contributed by atoms with E-state index >= 15 is 0 Å². The van der Waals surface area contributed by atoms with E-state index in [0.717, 1.165) is 18.7 Å². The summed E-state index contributed by atoms with van der Waals surface area (Å²) in [5, 5.41) is 3.17. The van der Waals surface area contributed by atoms with Crippen molar-refractivity contribution in [3.63, 3.8) is 0 Å². The second-order valence-electron chi connectivity index (χ2n) is 5.66. The summed E-state index contributed by atoms with van der Waals surface area (Å²) in [4.78, 5) is 0.390. The number of hydrogen-bond donors (Lipinski definition) is 1. The van der Waals surface area contributed by atoms with Crippen molar-refractivity contribution in [3.05, 3.63) is 24.3 Å². The Bertz CT molecular complexity index is 539. The van der Waals surface area contributed by atoms with Gasteiger partial charge in [0, 0.05) is 25.3 Å². The normalized spacial score (nSPS) is 24.6. The van der Waals surface area contributed by atoms with E-state index < -0.39 is 10.0 Å². The van der Waals surface area contributed by atoms with Gasteiger partial charge in [-0.15, -0.1) is 0 Å². The summed E-state index contributed by atoms with van der Waals surface area (Å²) in [5.74, 6) is 1.01. The average Bonchev–Trinajstić information content (AvgIpc) is 2.43. The zero-order valence-electron chi connectivity index (χ0n) is 12.5. The zero-order valence-corrected chi connectivity index (χ0v) is 13.3. The predicted octanol–water partition coefficient (Wildman–Crippen LogP) is 2.79. The van der Waals surface area contributed by atoms with E-state index in [4.69, 9.17) is 0 Å². The molecule has 5 heteroatoms. The van der Waals surface area contributed by atoms with Crippen molar-refractivity contribution < 1.29 is 8.42 Å². The third-order valence-corrected chi connectivity index (χ3v) is 6.05. The van der Waals surface area contributed by atoms with Crippen LogP contribution in [-0.4, -0.2) is 32.4 Å². The van der Waals surface area contributed by atoms with Gasteiger partial charge in [-0.3, -0.25) is 0 Å². The van der Waals surface area contributed by atoms with Crippen molar-refractivity contribution in [1.82, 2.24) is 4.31 Å². The van der Waals surface area contributed by atoms with Gasteiger partial charge in [0.05, 0.1) is 4.90 Å². The molecule has 1 N–H and O–H groups in total. The van der Waals surface area contributed by atoms with E-state index in [0.29, 0.717) is 29.8 Å². The summed E-state index contributed by atoms with van der Waals surface area (Å²) in [6.07, 6.45) is 0.940. The summed E-state index contributed by atoms with van der Waals surface area (Å²) < 4.78 is 26.9. The summed E-state index contributed by atoms with van der Waals surface area (Å²) >= 11 is 0. The van der Waals surface area contributed by atoms with Gasteiger partial charge in [0.15, 0.2) is 0 Å². The first-order chi connectivity index (χ1) is 9.45. The highest BCUT2D eigenvalue weighted by atomic mass is 32.2. The van der Waals surface area contributed by atoms with Crippen molar-refractivity contribution >= 4 is 15.7 Å². The Kier molecular flexibility index (Phi) is 4.70. The van der Waals surface area contributed by atoms with E-state index in [1.807, 2.05) is 19.1 Å². The standard InChI is InChI=1S/C15H24N2O2S/c1-4-16-14-5-7-15(8-6-14)20(18,19)17-10-9-12(2)13(3)11-17/h5-8,12-13,16H,4,9-11H2,1-3H3. The summed E-state index contributed by atoms with van der Waals surface area (Å²) in [6, 6.07) is 7.03. The van der Waals surface area contributed by atoms with Gasteiger partial charge in [0.25, 0.3) is 0 Å². The number of benzene rings is 1. The van der Waals surface area contributed by atoms with Crippen molar-refractivity contribution in [2.24, 2.45) is 11.8 Å². The molecule has 4 nitrogen and oxygen atoms in total. The molecule has 1 aromatic rings. The third-order valence-electron chi connectivity index (χ3n) is 4.17. The molecular formula is C15H24N2O2S. The van der Waals surface area contributed by atoms with E-state index in [-0.39, 0.29) is 0 Å². The summed E-state index contributed by atoms with van der Waals surface area (Å²) in [5.41, 5.74) is 0.951. The molecule has 0 aromatic heterocycles. The fraction of sp³-hybridized carbons (Fsp3) is 0.600. The molecule has 1 aliphatic heterocycles. The SMILES string of the molecule is CCNc1ccc(S(=O)(=O)N2CCC(C)C(C)C2)cc1. The molecule has 0 spiro atoms. The molecule has 0 saturated carbocycles. The first-order valence-electron chi connectivity index (χ1n) is 7.29. The number of rotatable bonds is 4. The van der Waals surface area contributed by atoms with Crippen molar-refractivity contribution in [2.45, 2.75) is 32.1 Å². The van der Waals surface area contributed by atoms with Gasteiger partial charge in [0.2, 0.25) is 10.0 Å². The van der Waals surface area contributed by atoms with Gasteiger partial charge in [0.1, 0.15) is 0 Å². The zero-order chi connectivity index (χ0) is 14.8. The number of sulfonamides is 1. The van der Waals surface area contributed by atoms with Crippen molar-refractivity contribution in [2.75, 3.05) is 25.0 Å². The fourth-order valence-electron chi connectivity index (χ4n) is 2.54.